The Morgan fingerprint density at radius 1 is 1.12 bits per heavy atom. The van der Waals surface area contributed by atoms with Gasteiger partial charge in [0.2, 0.25) is 11.8 Å². The lowest BCUT2D eigenvalue weighted by Crippen LogP contribution is -2.38. The predicted octanol–water partition coefficient (Wildman–Crippen LogP) is 1.77. The van der Waals surface area contributed by atoms with Crippen LogP contribution in [0.5, 0.6) is 0 Å². The van der Waals surface area contributed by atoms with Crippen molar-refractivity contribution in [1.29, 1.82) is 0 Å². The number of benzene rings is 1. The molecule has 6 nitrogen and oxygen atoms in total. The largest absolute Gasteiger partial charge is 0.355 e. The van der Waals surface area contributed by atoms with Crippen molar-refractivity contribution < 1.29 is 9.59 Å². The third-order valence-corrected chi connectivity index (χ3v) is 4.58. The van der Waals surface area contributed by atoms with E-state index in [2.05, 4.69) is 15.5 Å². The molecule has 1 saturated carbocycles. The van der Waals surface area contributed by atoms with Crippen molar-refractivity contribution >= 4 is 17.5 Å². The maximum Gasteiger partial charge on any atom is 0.238 e. The van der Waals surface area contributed by atoms with E-state index < -0.39 is 0 Å². The fourth-order valence-corrected chi connectivity index (χ4v) is 2.83. The maximum atomic E-state index is 12.5. The van der Waals surface area contributed by atoms with Gasteiger partial charge < -0.3 is 15.5 Å². The van der Waals surface area contributed by atoms with Gasteiger partial charge in [-0.25, -0.2) is 0 Å². The van der Waals surface area contributed by atoms with Crippen molar-refractivity contribution in [3.8, 4) is 0 Å². The highest BCUT2D eigenvalue weighted by atomic mass is 16.2. The topological polar surface area (TPSA) is 64.7 Å². The summed E-state index contributed by atoms with van der Waals surface area (Å²) in [4.78, 5) is 28.6. The standard InChI is InChI=1S/C20H32N4O2/c1-15-5-6-16(2)18(13-15)22-20(26)14-24(17-7-8-17)11-9-19(25)21-10-12-23(3)4/h5-6,13,17H,7-12,14H2,1-4H3,(H,21,25)(H,22,26). The summed E-state index contributed by atoms with van der Waals surface area (Å²) in [5.41, 5.74) is 3.05. The van der Waals surface area contributed by atoms with Crippen LogP contribution in [-0.4, -0.2) is 67.9 Å². The van der Waals surface area contributed by atoms with Gasteiger partial charge in [0.15, 0.2) is 0 Å². The molecule has 0 unspecified atom stereocenters. The summed E-state index contributed by atoms with van der Waals surface area (Å²) in [6.07, 6.45) is 2.65. The van der Waals surface area contributed by atoms with Crippen LogP contribution in [0.3, 0.4) is 0 Å². The van der Waals surface area contributed by atoms with Crippen LogP contribution in [0, 0.1) is 13.8 Å². The molecule has 0 aromatic heterocycles. The van der Waals surface area contributed by atoms with Crippen molar-refractivity contribution in [3.63, 3.8) is 0 Å². The Labute approximate surface area is 156 Å². The van der Waals surface area contributed by atoms with Crippen LogP contribution in [0.4, 0.5) is 5.69 Å². The average molecular weight is 361 g/mol. The Kier molecular flexibility index (Phi) is 7.60. The second-order valence-corrected chi connectivity index (χ2v) is 7.47. The van der Waals surface area contributed by atoms with Crippen LogP contribution in [0.1, 0.15) is 30.4 Å². The molecule has 1 aromatic rings. The van der Waals surface area contributed by atoms with Crippen LogP contribution >= 0.6 is 0 Å². The van der Waals surface area contributed by atoms with Crippen LogP contribution in [0.15, 0.2) is 18.2 Å². The molecule has 0 saturated heterocycles. The van der Waals surface area contributed by atoms with E-state index in [0.717, 1.165) is 36.2 Å². The van der Waals surface area contributed by atoms with Gasteiger partial charge in [0.05, 0.1) is 6.54 Å². The summed E-state index contributed by atoms with van der Waals surface area (Å²) in [6.45, 7) is 6.45. The second-order valence-electron chi connectivity index (χ2n) is 7.47. The Morgan fingerprint density at radius 3 is 2.50 bits per heavy atom. The highest BCUT2D eigenvalue weighted by molar-refractivity contribution is 5.93. The van der Waals surface area contributed by atoms with Crippen molar-refractivity contribution in [2.45, 2.75) is 39.2 Å². The Balaban J connectivity index is 1.79. The first-order valence-corrected chi connectivity index (χ1v) is 9.37. The smallest absolute Gasteiger partial charge is 0.238 e. The third kappa shape index (κ3) is 7.14. The monoisotopic (exact) mass is 360 g/mol. The molecule has 0 bridgehead atoms. The number of aryl methyl sites for hydroxylation is 2. The molecule has 144 valence electrons. The highest BCUT2D eigenvalue weighted by Crippen LogP contribution is 2.27. The van der Waals surface area contributed by atoms with Gasteiger partial charge in [0.25, 0.3) is 0 Å². The van der Waals surface area contributed by atoms with Gasteiger partial charge in [-0.3, -0.25) is 14.5 Å². The summed E-state index contributed by atoms with van der Waals surface area (Å²) >= 11 is 0. The number of amides is 2. The minimum absolute atomic E-state index is 0.0152. The molecule has 0 spiro atoms. The van der Waals surface area contributed by atoms with Crippen molar-refractivity contribution in [1.82, 2.24) is 15.1 Å². The van der Waals surface area contributed by atoms with E-state index in [-0.39, 0.29) is 11.8 Å². The average Bonchev–Trinajstić information content (AvgIpc) is 3.39. The molecule has 0 atom stereocenters. The quantitative estimate of drug-likeness (QED) is 0.668. The fraction of sp³-hybridized carbons (Fsp3) is 0.600. The minimum Gasteiger partial charge on any atom is -0.355 e. The normalized spacial score (nSPS) is 13.9. The second kappa shape index (κ2) is 9.69. The van der Waals surface area contributed by atoms with Crippen molar-refractivity contribution in [2.75, 3.05) is 45.6 Å². The molecule has 1 fully saturated rings. The predicted molar refractivity (Wildman–Crippen MR) is 105 cm³/mol. The number of hydrogen-bond acceptors (Lipinski definition) is 4. The molecule has 1 aromatic carbocycles. The zero-order valence-corrected chi connectivity index (χ0v) is 16.5. The first kappa shape index (κ1) is 20.4. The molecule has 1 aliphatic rings. The number of hydrogen-bond donors (Lipinski definition) is 2. The van der Waals surface area contributed by atoms with Gasteiger partial charge in [-0.2, -0.15) is 0 Å². The highest BCUT2D eigenvalue weighted by Gasteiger charge is 2.30. The van der Waals surface area contributed by atoms with Gasteiger partial charge in [0.1, 0.15) is 0 Å². The van der Waals surface area contributed by atoms with E-state index >= 15 is 0 Å². The van der Waals surface area contributed by atoms with E-state index in [1.165, 1.54) is 0 Å². The van der Waals surface area contributed by atoms with Crippen LogP contribution < -0.4 is 10.6 Å². The summed E-state index contributed by atoms with van der Waals surface area (Å²) in [5, 5.41) is 5.94. The van der Waals surface area contributed by atoms with Crippen LogP contribution in [-0.2, 0) is 9.59 Å². The lowest BCUT2D eigenvalue weighted by Gasteiger charge is -2.21. The number of carbonyl (C=O) groups is 2. The zero-order chi connectivity index (χ0) is 19.1. The van der Waals surface area contributed by atoms with E-state index in [9.17, 15) is 9.59 Å². The number of nitrogens with zero attached hydrogens (tertiary/aromatic N) is 2. The molecular weight excluding hydrogens is 328 g/mol. The molecule has 0 aliphatic heterocycles. The van der Waals surface area contributed by atoms with Crippen LogP contribution in [0.25, 0.3) is 0 Å². The Bertz CT molecular complexity index is 626. The SMILES string of the molecule is Cc1ccc(C)c(NC(=O)CN(CCC(=O)NCCN(C)C)C2CC2)c1. The molecule has 0 heterocycles. The first-order valence-electron chi connectivity index (χ1n) is 9.37. The maximum absolute atomic E-state index is 12.5. The lowest BCUT2D eigenvalue weighted by molar-refractivity contribution is -0.122. The fourth-order valence-electron chi connectivity index (χ4n) is 2.83. The number of likely N-dealkylation sites (N-methyl/N-ethyl adjacent to an activating group) is 1. The van der Waals surface area contributed by atoms with Gasteiger partial charge in [-0.05, 0) is 58.0 Å². The van der Waals surface area contributed by atoms with Crippen LogP contribution in [0.2, 0.25) is 0 Å². The van der Waals surface area contributed by atoms with Crippen molar-refractivity contribution in [3.05, 3.63) is 29.3 Å². The van der Waals surface area contributed by atoms with Crippen molar-refractivity contribution in [2.24, 2.45) is 0 Å². The lowest BCUT2D eigenvalue weighted by atomic mass is 10.1. The molecule has 2 rings (SSSR count). The number of carbonyl (C=O) groups excluding carboxylic acids is 2. The van der Waals surface area contributed by atoms with Gasteiger partial charge in [-0.1, -0.05) is 12.1 Å². The summed E-state index contributed by atoms with van der Waals surface area (Å²) in [7, 11) is 3.96. The van der Waals surface area contributed by atoms with Gasteiger partial charge in [-0.15, -0.1) is 0 Å². The van der Waals surface area contributed by atoms with Gasteiger partial charge >= 0.3 is 0 Å². The zero-order valence-electron chi connectivity index (χ0n) is 16.5. The van der Waals surface area contributed by atoms with E-state index in [0.29, 0.717) is 32.1 Å². The van der Waals surface area contributed by atoms with Gasteiger partial charge in [0, 0.05) is 37.8 Å². The first-order chi connectivity index (χ1) is 12.3. The number of rotatable bonds is 10. The molecule has 26 heavy (non-hydrogen) atoms. The number of nitrogens with one attached hydrogen (secondary N) is 2. The number of anilines is 1. The summed E-state index contributed by atoms with van der Waals surface area (Å²) < 4.78 is 0. The van der Waals surface area contributed by atoms with E-state index in [1.54, 1.807) is 0 Å². The molecule has 2 N–H and O–H groups in total. The minimum atomic E-state index is -0.0152. The Morgan fingerprint density at radius 2 is 1.85 bits per heavy atom. The molecule has 0 radical (unpaired) electrons. The summed E-state index contributed by atoms with van der Waals surface area (Å²) in [6, 6.07) is 6.49. The molecule has 2 amide bonds. The summed E-state index contributed by atoms with van der Waals surface area (Å²) in [5.74, 6) is 0.0334. The third-order valence-electron chi connectivity index (χ3n) is 4.58. The molecule has 6 heteroatoms. The van der Waals surface area contributed by atoms with E-state index in [1.807, 2.05) is 51.0 Å². The Hall–Kier alpha value is -1.92. The molecular formula is C20H32N4O2. The van der Waals surface area contributed by atoms with E-state index in [4.69, 9.17) is 0 Å². The molecule has 1 aliphatic carbocycles.